The van der Waals surface area contributed by atoms with E-state index in [1.54, 1.807) is 13.0 Å². The lowest BCUT2D eigenvalue weighted by Gasteiger charge is -2.15. The van der Waals surface area contributed by atoms with Gasteiger partial charge in [-0.25, -0.2) is 0 Å². The average molecular weight is 334 g/mol. The molecule has 0 aliphatic carbocycles. The van der Waals surface area contributed by atoms with E-state index in [0.29, 0.717) is 10.0 Å². The SMILES string of the molecule is Cc1cccc2c1C(=O)N(Oc1ccc([N+](=O)[O-])cc1)S2(=O)=O. The van der Waals surface area contributed by atoms with E-state index in [4.69, 9.17) is 4.84 Å². The van der Waals surface area contributed by atoms with Gasteiger partial charge in [-0.1, -0.05) is 16.6 Å². The number of amides is 1. The van der Waals surface area contributed by atoms with Gasteiger partial charge in [0.2, 0.25) is 0 Å². The zero-order chi connectivity index (χ0) is 16.8. The minimum absolute atomic E-state index is 0.00187. The van der Waals surface area contributed by atoms with Crippen molar-refractivity contribution in [2.75, 3.05) is 0 Å². The summed E-state index contributed by atoms with van der Waals surface area (Å²) in [5.74, 6) is -0.797. The fraction of sp³-hybridized carbons (Fsp3) is 0.0714. The molecular formula is C14H10N2O6S. The molecule has 0 atom stereocenters. The Labute approximate surface area is 131 Å². The Morgan fingerprint density at radius 1 is 1.13 bits per heavy atom. The zero-order valence-electron chi connectivity index (χ0n) is 11.8. The van der Waals surface area contributed by atoms with Gasteiger partial charge in [0.15, 0.2) is 5.75 Å². The Hall–Kier alpha value is -2.94. The number of non-ortho nitro benzene ring substituents is 1. The first kappa shape index (κ1) is 15.0. The highest BCUT2D eigenvalue weighted by molar-refractivity contribution is 7.90. The lowest BCUT2D eigenvalue weighted by atomic mass is 10.1. The van der Waals surface area contributed by atoms with Crippen LogP contribution in [0.15, 0.2) is 47.4 Å². The average Bonchev–Trinajstić information content (AvgIpc) is 2.70. The second-order valence-corrected chi connectivity index (χ2v) is 6.55. The van der Waals surface area contributed by atoms with Gasteiger partial charge < -0.3 is 4.84 Å². The number of nitrogens with zero attached hydrogens (tertiary/aromatic N) is 2. The summed E-state index contributed by atoms with van der Waals surface area (Å²) in [6, 6.07) is 9.24. The number of hydrogen-bond donors (Lipinski definition) is 0. The van der Waals surface area contributed by atoms with E-state index in [2.05, 4.69) is 0 Å². The fourth-order valence-electron chi connectivity index (χ4n) is 2.23. The maximum absolute atomic E-state index is 12.4. The topological polar surface area (TPSA) is 107 Å². The maximum atomic E-state index is 12.4. The lowest BCUT2D eigenvalue weighted by Crippen LogP contribution is -2.33. The molecule has 0 unspecified atom stereocenters. The van der Waals surface area contributed by atoms with Gasteiger partial charge in [-0.05, 0) is 30.7 Å². The smallest absolute Gasteiger partial charge is 0.304 e. The molecule has 118 valence electrons. The zero-order valence-corrected chi connectivity index (χ0v) is 12.6. The third-order valence-corrected chi connectivity index (χ3v) is 4.92. The van der Waals surface area contributed by atoms with Crippen molar-refractivity contribution in [2.24, 2.45) is 0 Å². The minimum atomic E-state index is -4.12. The Morgan fingerprint density at radius 2 is 1.78 bits per heavy atom. The highest BCUT2D eigenvalue weighted by Crippen LogP contribution is 2.33. The first-order chi connectivity index (χ1) is 10.8. The van der Waals surface area contributed by atoms with Crippen molar-refractivity contribution in [1.29, 1.82) is 0 Å². The van der Waals surface area contributed by atoms with E-state index in [-0.39, 0.29) is 21.9 Å². The second kappa shape index (κ2) is 5.06. The van der Waals surface area contributed by atoms with Crippen molar-refractivity contribution in [3.05, 3.63) is 63.7 Å². The van der Waals surface area contributed by atoms with Gasteiger partial charge in [-0.15, -0.1) is 0 Å². The van der Waals surface area contributed by atoms with Crippen LogP contribution in [0.5, 0.6) is 5.75 Å². The van der Waals surface area contributed by atoms with Crippen LogP contribution in [-0.4, -0.2) is 23.7 Å². The van der Waals surface area contributed by atoms with E-state index < -0.39 is 20.9 Å². The standard InChI is InChI=1S/C14H10N2O6S/c1-9-3-2-4-12-13(9)14(17)16(23(12,20)21)22-11-7-5-10(6-8-11)15(18)19/h2-8H,1H3. The molecule has 0 fully saturated rings. The molecule has 0 saturated heterocycles. The number of hydroxylamine groups is 1. The highest BCUT2D eigenvalue weighted by atomic mass is 32.2. The van der Waals surface area contributed by atoms with E-state index in [0.717, 1.165) is 12.1 Å². The van der Waals surface area contributed by atoms with Gasteiger partial charge in [-0.2, -0.15) is 8.42 Å². The second-order valence-electron chi connectivity index (χ2n) is 4.83. The molecule has 0 bridgehead atoms. The largest absolute Gasteiger partial charge is 0.361 e. The summed E-state index contributed by atoms with van der Waals surface area (Å²) in [5, 5.41) is 10.6. The molecule has 1 aliphatic rings. The van der Waals surface area contributed by atoms with Gasteiger partial charge in [0.25, 0.3) is 15.7 Å². The molecule has 2 aromatic rings. The van der Waals surface area contributed by atoms with E-state index in [1.807, 2.05) is 0 Å². The van der Waals surface area contributed by atoms with Crippen molar-refractivity contribution < 1.29 is 23.0 Å². The van der Waals surface area contributed by atoms with Crippen molar-refractivity contribution in [3.63, 3.8) is 0 Å². The van der Waals surface area contributed by atoms with Crippen LogP contribution in [-0.2, 0) is 10.0 Å². The Morgan fingerprint density at radius 3 is 2.35 bits per heavy atom. The van der Waals surface area contributed by atoms with Crippen LogP contribution in [0.25, 0.3) is 0 Å². The lowest BCUT2D eigenvalue weighted by molar-refractivity contribution is -0.384. The Kier molecular flexibility index (Phi) is 3.29. The summed E-state index contributed by atoms with van der Waals surface area (Å²) < 4.78 is 25.1. The Balaban J connectivity index is 1.97. The molecule has 1 amide bonds. The predicted molar refractivity (Wildman–Crippen MR) is 78.3 cm³/mol. The van der Waals surface area contributed by atoms with Crippen LogP contribution in [0, 0.1) is 17.0 Å². The van der Waals surface area contributed by atoms with E-state index in [9.17, 15) is 23.3 Å². The monoisotopic (exact) mass is 334 g/mol. The van der Waals surface area contributed by atoms with Crippen LogP contribution < -0.4 is 4.84 Å². The maximum Gasteiger partial charge on any atom is 0.304 e. The molecule has 1 heterocycles. The number of hydrogen-bond acceptors (Lipinski definition) is 6. The predicted octanol–water partition coefficient (Wildman–Crippen LogP) is 2.04. The summed E-state index contributed by atoms with van der Waals surface area (Å²) in [6.07, 6.45) is 0. The molecule has 9 heteroatoms. The number of nitro benzene ring substituents is 1. The van der Waals surface area contributed by atoms with Gasteiger partial charge in [0.05, 0.1) is 10.5 Å². The van der Waals surface area contributed by atoms with Crippen LogP contribution in [0.3, 0.4) is 0 Å². The van der Waals surface area contributed by atoms with Gasteiger partial charge in [-0.3, -0.25) is 14.9 Å². The number of carbonyl (C=O) groups is 1. The van der Waals surface area contributed by atoms with Crippen molar-refractivity contribution in [3.8, 4) is 5.75 Å². The molecule has 0 radical (unpaired) electrons. The number of rotatable bonds is 3. The number of aryl methyl sites for hydroxylation is 1. The number of nitro groups is 1. The van der Waals surface area contributed by atoms with Gasteiger partial charge in [0, 0.05) is 12.1 Å². The molecular weight excluding hydrogens is 324 g/mol. The van der Waals surface area contributed by atoms with Crippen molar-refractivity contribution in [1.82, 2.24) is 4.47 Å². The van der Waals surface area contributed by atoms with Crippen LogP contribution in [0.4, 0.5) is 5.69 Å². The van der Waals surface area contributed by atoms with Crippen molar-refractivity contribution >= 4 is 21.6 Å². The van der Waals surface area contributed by atoms with Crippen LogP contribution in [0.1, 0.15) is 15.9 Å². The third-order valence-electron chi connectivity index (χ3n) is 3.35. The molecule has 0 saturated carbocycles. The number of carbonyl (C=O) groups excluding carboxylic acids is 1. The fourth-order valence-corrected chi connectivity index (χ4v) is 3.66. The summed E-state index contributed by atoms with van der Waals surface area (Å²) in [7, 11) is -4.12. The normalized spacial score (nSPS) is 15.3. The molecule has 1 aliphatic heterocycles. The molecule has 0 spiro atoms. The quantitative estimate of drug-likeness (QED) is 0.628. The van der Waals surface area contributed by atoms with Crippen LogP contribution in [0.2, 0.25) is 0 Å². The first-order valence-corrected chi connectivity index (χ1v) is 7.88. The molecule has 2 aromatic carbocycles. The summed E-state index contributed by atoms with van der Waals surface area (Å²) in [4.78, 5) is 27.4. The molecule has 3 rings (SSSR count). The third kappa shape index (κ3) is 2.30. The van der Waals surface area contributed by atoms with Gasteiger partial charge in [0.1, 0.15) is 4.90 Å². The van der Waals surface area contributed by atoms with E-state index in [1.165, 1.54) is 24.3 Å². The minimum Gasteiger partial charge on any atom is -0.361 e. The summed E-state index contributed by atoms with van der Waals surface area (Å²) >= 11 is 0. The molecule has 23 heavy (non-hydrogen) atoms. The number of fused-ring (bicyclic) bond motifs is 1. The first-order valence-electron chi connectivity index (χ1n) is 6.44. The molecule has 8 nitrogen and oxygen atoms in total. The van der Waals surface area contributed by atoms with Crippen molar-refractivity contribution in [2.45, 2.75) is 11.8 Å². The van der Waals surface area contributed by atoms with E-state index >= 15 is 0 Å². The highest BCUT2D eigenvalue weighted by Gasteiger charge is 2.44. The summed E-state index contributed by atoms with van der Waals surface area (Å²) in [5.41, 5.74) is 0.410. The number of benzene rings is 2. The summed E-state index contributed by atoms with van der Waals surface area (Å²) in [6.45, 7) is 1.63. The molecule has 0 aromatic heterocycles. The number of sulfonamides is 1. The van der Waals surface area contributed by atoms with Gasteiger partial charge >= 0.3 is 5.91 Å². The Bertz CT molecular complexity index is 921. The van der Waals surface area contributed by atoms with Crippen LogP contribution >= 0.6 is 0 Å². The molecule has 0 N–H and O–H groups in total.